The van der Waals surface area contributed by atoms with Crippen molar-refractivity contribution in [3.8, 4) is 0 Å². The highest BCUT2D eigenvalue weighted by atomic mass is 19.4. The van der Waals surface area contributed by atoms with Gasteiger partial charge in [-0.2, -0.15) is 13.2 Å². The summed E-state index contributed by atoms with van der Waals surface area (Å²) in [7, 11) is 1.15. The molecule has 0 saturated heterocycles. The summed E-state index contributed by atoms with van der Waals surface area (Å²) < 4.78 is 41.4. The summed E-state index contributed by atoms with van der Waals surface area (Å²) in [6.45, 7) is 3.26. The molecule has 0 radical (unpaired) electrons. The van der Waals surface area contributed by atoms with Gasteiger partial charge in [0.25, 0.3) is 0 Å². The predicted molar refractivity (Wildman–Crippen MR) is 57.4 cm³/mol. The molecule has 0 aliphatic carbocycles. The zero-order chi connectivity index (χ0) is 13.9. The second-order valence-electron chi connectivity index (χ2n) is 4.52. The Kier molecular flexibility index (Phi) is 5.41. The van der Waals surface area contributed by atoms with Crippen LogP contribution in [-0.4, -0.2) is 48.8 Å². The van der Waals surface area contributed by atoms with Gasteiger partial charge in [-0.3, -0.25) is 9.69 Å². The molecule has 0 aliphatic heterocycles. The summed E-state index contributed by atoms with van der Waals surface area (Å²) in [6, 6.07) is -0.371. The maximum atomic E-state index is 12.3. The Bertz CT molecular complexity index is 265. The molecule has 1 atom stereocenters. The largest absolute Gasteiger partial charge is 0.468 e. The van der Waals surface area contributed by atoms with E-state index in [4.69, 9.17) is 5.73 Å². The van der Waals surface area contributed by atoms with Gasteiger partial charge in [0, 0.05) is 12.6 Å². The van der Waals surface area contributed by atoms with Crippen molar-refractivity contribution >= 4 is 5.97 Å². The normalized spacial score (nSPS) is 16.1. The molecule has 7 heteroatoms. The molecule has 0 fully saturated rings. The molecule has 0 aliphatic rings. The molecule has 17 heavy (non-hydrogen) atoms. The molecular formula is C10H19F3N2O2. The van der Waals surface area contributed by atoms with Gasteiger partial charge in [-0.25, -0.2) is 0 Å². The van der Waals surface area contributed by atoms with E-state index in [1.54, 1.807) is 13.8 Å². The average Bonchev–Trinajstić information content (AvgIpc) is 2.12. The third-order valence-electron chi connectivity index (χ3n) is 2.30. The maximum absolute atomic E-state index is 12.3. The molecule has 0 bridgehead atoms. The van der Waals surface area contributed by atoms with Crippen LogP contribution in [0.25, 0.3) is 0 Å². The van der Waals surface area contributed by atoms with Crippen LogP contribution in [0.3, 0.4) is 0 Å². The Morgan fingerprint density at radius 3 is 2.12 bits per heavy atom. The number of carbonyl (C=O) groups is 1. The second-order valence-corrected chi connectivity index (χ2v) is 4.52. The van der Waals surface area contributed by atoms with Crippen molar-refractivity contribution in [3.05, 3.63) is 0 Å². The van der Waals surface area contributed by atoms with Crippen molar-refractivity contribution in [1.29, 1.82) is 0 Å². The summed E-state index contributed by atoms with van der Waals surface area (Å²) in [5.41, 5.74) is 4.19. The van der Waals surface area contributed by atoms with Crippen LogP contribution in [0.1, 0.15) is 20.8 Å². The molecule has 0 rings (SSSR count). The summed E-state index contributed by atoms with van der Waals surface area (Å²) in [5, 5.41) is 0. The van der Waals surface area contributed by atoms with E-state index in [-0.39, 0.29) is 12.6 Å². The molecule has 0 saturated carbocycles. The summed E-state index contributed by atoms with van der Waals surface area (Å²) in [5.74, 6) is -0.731. The van der Waals surface area contributed by atoms with E-state index < -0.39 is 24.2 Å². The lowest BCUT2D eigenvalue weighted by Crippen LogP contribution is -2.57. The molecule has 1 unspecified atom stereocenters. The van der Waals surface area contributed by atoms with Gasteiger partial charge in [-0.1, -0.05) is 0 Å². The molecule has 2 N–H and O–H groups in total. The van der Waals surface area contributed by atoms with Gasteiger partial charge in [0.15, 0.2) is 0 Å². The Hall–Kier alpha value is -0.820. The Balaban J connectivity index is 4.71. The monoisotopic (exact) mass is 256 g/mol. The van der Waals surface area contributed by atoms with Crippen molar-refractivity contribution in [2.45, 2.75) is 38.5 Å². The summed E-state index contributed by atoms with van der Waals surface area (Å²) >= 11 is 0. The van der Waals surface area contributed by atoms with Crippen molar-refractivity contribution in [2.24, 2.45) is 5.73 Å². The number of nitrogens with zero attached hydrogens (tertiary/aromatic N) is 1. The van der Waals surface area contributed by atoms with Gasteiger partial charge in [-0.05, 0) is 20.8 Å². The van der Waals surface area contributed by atoms with Crippen LogP contribution >= 0.6 is 0 Å². The van der Waals surface area contributed by atoms with E-state index in [9.17, 15) is 18.0 Å². The lowest BCUT2D eigenvalue weighted by molar-refractivity contribution is -0.158. The maximum Gasteiger partial charge on any atom is 0.401 e. The first-order chi connectivity index (χ1) is 7.49. The number of halogens is 3. The minimum atomic E-state index is -4.32. The van der Waals surface area contributed by atoms with Crippen molar-refractivity contribution in [1.82, 2.24) is 4.90 Å². The number of alkyl halides is 3. The van der Waals surface area contributed by atoms with E-state index in [0.29, 0.717) is 0 Å². The second kappa shape index (κ2) is 5.68. The fourth-order valence-electron chi connectivity index (χ4n) is 1.37. The van der Waals surface area contributed by atoms with E-state index in [0.717, 1.165) is 12.0 Å². The number of carbonyl (C=O) groups excluding carboxylic acids is 1. The van der Waals surface area contributed by atoms with Crippen LogP contribution in [0.2, 0.25) is 0 Å². The minimum Gasteiger partial charge on any atom is -0.468 e. The Morgan fingerprint density at radius 1 is 1.35 bits per heavy atom. The van der Waals surface area contributed by atoms with Crippen LogP contribution in [-0.2, 0) is 9.53 Å². The number of nitrogens with two attached hydrogens (primary N) is 1. The van der Waals surface area contributed by atoms with Gasteiger partial charge < -0.3 is 10.5 Å². The molecule has 0 heterocycles. The molecule has 4 nitrogen and oxygen atoms in total. The standard InChI is InChI=1S/C10H19F3N2O2/c1-7(2)15(6-10(11,12)13)5-9(3,14)8(16)17-4/h7H,5-6,14H2,1-4H3. The van der Waals surface area contributed by atoms with Gasteiger partial charge in [0.2, 0.25) is 0 Å². The van der Waals surface area contributed by atoms with Crippen molar-refractivity contribution in [2.75, 3.05) is 20.2 Å². The minimum absolute atomic E-state index is 0.211. The lowest BCUT2D eigenvalue weighted by Gasteiger charge is -2.33. The molecular weight excluding hydrogens is 237 g/mol. The highest BCUT2D eigenvalue weighted by Crippen LogP contribution is 2.19. The Labute approximate surface area is 98.9 Å². The Morgan fingerprint density at radius 2 is 1.82 bits per heavy atom. The molecule has 0 spiro atoms. The van der Waals surface area contributed by atoms with Crippen molar-refractivity contribution < 1.29 is 22.7 Å². The molecule has 0 aromatic rings. The first kappa shape index (κ1) is 16.2. The summed E-state index contributed by atoms with van der Waals surface area (Å²) in [6.07, 6.45) is -4.32. The van der Waals surface area contributed by atoms with E-state index in [1.807, 2.05) is 0 Å². The number of hydrogen-bond acceptors (Lipinski definition) is 4. The van der Waals surface area contributed by atoms with E-state index >= 15 is 0 Å². The third-order valence-corrected chi connectivity index (χ3v) is 2.30. The number of rotatable bonds is 5. The smallest absolute Gasteiger partial charge is 0.401 e. The van der Waals surface area contributed by atoms with Gasteiger partial charge in [0.05, 0.1) is 13.7 Å². The van der Waals surface area contributed by atoms with E-state index in [1.165, 1.54) is 6.92 Å². The number of ether oxygens (including phenoxy) is 1. The third kappa shape index (κ3) is 5.88. The number of esters is 1. The zero-order valence-corrected chi connectivity index (χ0v) is 10.5. The molecule has 0 amide bonds. The first-order valence-electron chi connectivity index (χ1n) is 5.17. The lowest BCUT2D eigenvalue weighted by atomic mass is 10.0. The fourth-order valence-corrected chi connectivity index (χ4v) is 1.37. The SMILES string of the molecule is COC(=O)C(C)(N)CN(CC(F)(F)F)C(C)C. The van der Waals surface area contributed by atoms with E-state index in [2.05, 4.69) is 4.74 Å². The highest BCUT2D eigenvalue weighted by Gasteiger charge is 2.38. The quantitative estimate of drug-likeness (QED) is 0.750. The summed E-state index contributed by atoms with van der Waals surface area (Å²) in [4.78, 5) is 12.4. The van der Waals surface area contributed by atoms with Crippen LogP contribution in [0, 0.1) is 0 Å². The number of methoxy groups -OCH3 is 1. The van der Waals surface area contributed by atoms with Crippen LogP contribution in [0.15, 0.2) is 0 Å². The highest BCUT2D eigenvalue weighted by molar-refractivity contribution is 5.80. The number of hydrogen-bond donors (Lipinski definition) is 1. The van der Waals surface area contributed by atoms with Crippen molar-refractivity contribution in [3.63, 3.8) is 0 Å². The molecule has 102 valence electrons. The average molecular weight is 256 g/mol. The van der Waals surface area contributed by atoms with Gasteiger partial charge in [0.1, 0.15) is 5.54 Å². The van der Waals surface area contributed by atoms with Gasteiger partial charge >= 0.3 is 12.1 Å². The van der Waals surface area contributed by atoms with Gasteiger partial charge in [-0.15, -0.1) is 0 Å². The fraction of sp³-hybridized carbons (Fsp3) is 0.900. The van der Waals surface area contributed by atoms with Crippen LogP contribution < -0.4 is 5.73 Å². The predicted octanol–water partition coefficient (Wildman–Crippen LogP) is 1.15. The topological polar surface area (TPSA) is 55.6 Å². The molecule has 0 aromatic heterocycles. The first-order valence-corrected chi connectivity index (χ1v) is 5.17. The molecule has 0 aromatic carbocycles. The van der Waals surface area contributed by atoms with Crippen LogP contribution in [0.4, 0.5) is 13.2 Å². The zero-order valence-electron chi connectivity index (χ0n) is 10.5. The van der Waals surface area contributed by atoms with Crippen LogP contribution in [0.5, 0.6) is 0 Å².